The fraction of sp³-hybridized carbons (Fsp3) is 0.267. The second kappa shape index (κ2) is 12.4. The van der Waals surface area contributed by atoms with Crippen molar-refractivity contribution in [3.8, 4) is 0 Å². The molecule has 1 unspecified atom stereocenters. The van der Waals surface area contributed by atoms with Crippen molar-refractivity contribution in [1.29, 1.82) is 0 Å². The molecule has 0 aliphatic carbocycles. The number of anilines is 2. The van der Waals surface area contributed by atoms with E-state index in [1.165, 1.54) is 0 Å². The molecule has 0 fully saturated rings. The smallest absolute Gasteiger partial charge is 0.258 e. The average Bonchev–Trinajstić information content (AvgIpc) is 3.05. The van der Waals surface area contributed by atoms with Crippen LogP contribution in [0, 0.1) is 6.92 Å². The third-order valence-electron chi connectivity index (χ3n) is 6.69. The van der Waals surface area contributed by atoms with Gasteiger partial charge in [0, 0.05) is 35.1 Å². The largest absolute Gasteiger partial charge is 0.322 e. The SMILES string of the molecule is C=CCNCCC1CCCN(C(=O)c2ccc(NC(=O)c3ccccc3Cl)cc2C)c2ccc(Cl)cc21. The van der Waals surface area contributed by atoms with Crippen LogP contribution in [0.4, 0.5) is 11.4 Å². The molecule has 192 valence electrons. The molecule has 0 spiro atoms. The van der Waals surface area contributed by atoms with Gasteiger partial charge in [0.2, 0.25) is 0 Å². The molecule has 7 heteroatoms. The van der Waals surface area contributed by atoms with Gasteiger partial charge in [-0.25, -0.2) is 0 Å². The number of aryl methyl sites for hydroxylation is 1. The van der Waals surface area contributed by atoms with Gasteiger partial charge in [0.1, 0.15) is 0 Å². The third-order valence-corrected chi connectivity index (χ3v) is 7.26. The minimum atomic E-state index is -0.295. The van der Waals surface area contributed by atoms with E-state index in [1.807, 2.05) is 42.2 Å². The van der Waals surface area contributed by atoms with Crippen molar-refractivity contribution in [2.45, 2.75) is 32.1 Å². The first kappa shape index (κ1) is 26.9. The minimum absolute atomic E-state index is 0.0597. The Labute approximate surface area is 228 Å². The Morgan fingerprint density at radius 3 is 2.65 bits per heavy atom. The van der Waals surface area contributed by atoms with Crippen LogP contribution < -0.4 is 15.5 Å². The fourth-order valence-corrected chi connectivity index (χ4v) is 5.23. The van der Waals surface area contributed by atoms with Crippen LogP contribution in [0.1, 0.15) is 57.0 Å². The molecule has 37 heavy (non-hydrogen) atoms. The Kier molecular flexibility index (Phi) is 9.04. The van der Waals surface area contributed by atoms with Crippen molar-refractivity contribution < 1.29 is 9.59 Å². The van der Waals surface area contributed by atoms with E-state index in [1.54, 1.807) is 36.4 Å². The van der Waals surface area contributed by atoms with Crippen molar-refractivity contribution in [2.75, 3.05) is 29.9 Å². The van der Waals surface area contributed by atoms with E-state index in [4.69, 9.17) is 23.2 Å². The number of hydrogen-bond donors (Lipinski definition) is 2. The molecule has 0 saturated heterocycles. The molecule has 5 nitrogen and oxygen atoms in total. The predicted molar refractivity (Wildman–Crippen MR) is 153 cm³/mol. The number of fused-ring (bicyclic) bond motifs is 1. The molecule has 1 aliphatic rings. The van der Waals surface area contributed by atoms with E-state index in [9.17, 15) is 9.59 Å². The number of benzene rings is 3. The van der Waals surface area contributed by atoms with Crippen molar-refractivity contribution in [3.63, 3.8) is 0 Å². The van der Waals surface area contributed by atoms with E-state index in [0.717, 1.165) is 49.2 Å². The molecule has 3 aromatic carbocycles. The van der Waals surface area contributed by atoms with Crippen LogP contribution in [0.2, 0.25) is 10.0 Å². The quantitative estimate of drug-likeness (QED) is 0.236. The van der Waals surface area contributed by atoms with Gasteiger partial charge in [-0.3, -0.25) is 9.59 Å². The molecular formula is C30H31Cl2N3O2. The summed E-state index contributed by atoms with van der Waals surface area (Å²) in [5.41, 5.74) is 4.41. The molecule has 0 saturated carbocycles. The maximum Gasteiger partial charge on any atom is 0.258 e. The van der Waals surface area contributed by atoms with E-state index in [-0.39, 0.29) is 11.8 Å². The van der Waals surface area contributed by atoms with Crippen LogP contribution in [0.25, 0.3) is 0 Å². The summed E-state index contributed by atoms with van der Waals surface area (Å²) in [6.07, 6.45) is 4.70. The Morgan fingerprint density at radius 2 is 1.89 bits per heavy atom. The monoisotopic (exact) mass is 535 g/mol. The zero-order valence-electron chi connectivity index (χ0n) is 20.9. The second-order valence-electron chi connectivity index (χ2n) is 9.24. The number of carbonyl (C=O) groups excluding carboxylic acids is 2. The number of halogens is 2. The molecule has 2 amide bonds. The van der Waals surface area contributed by atoms with Gasteiger partial charge in [0.15, 0.2) is 0 Å². The van der Waals surface area contributed by atoms with Crippen LogP contribution in [0.5, 0.6) is 0 Å². The topological polar surface area (TPSA) is 61.4 Å². The standard InChI is InChI=1S/C30H31Cl2N3O2/c1-3-15-33-16-14-21-7-6-17-35(28-13-10-22(31)19-26(21)28)30(37)24-12-11-23(18-20(24)2)34-29(36)25-8-4-5-9-27(25)32/h3-5,8-13,18-19,21,33H,1,6-7,14-17H2,2H3,(H,34,36). The first-order valence-electron chi connectivity index (χ1n) is 12.5. The molecule has 0 aromatic heterocycles. The molecule has 0 radical (unpaired) electrons. The van der Waals surface area contributed by atoms with Gasteiger partial charge >= 0.3 is 0 Å². The molecule has 0 bridgehead atoms. The highest BCUT2D eigenvalue weighted by Crippen LogP contribution is 2.38. The number of amides is 2. The first-order chi connectivity index (χ1) is 17.9. The van der Waals surface area contributed by atoms with E-state index in [0.29, 0.717) is 39.3 Å². The Balaban J connectivity index is 1.55. The highest BCUT2D eigenvalue weighted by atomic mass is 35.5. The third kappa shape index (κ3) is 6.42. The van der Waals surface area contributed by atoms with Gasteiger partial charge in [0.25, 0.3) is 11.8 Å². The molecule has 1 heterocycles. The lowest BCUT2D eigenvalue weighted by molar-refractivity contribution is 0.0985. The normalized spacial score (nSPS) is 15.0. The van der Waals surface area contributed by atoms with Crippen LogP contribution in [-0.2, 0) is 0 Å². The molecular weight excluding hydrogens is 505 g/mol. The summed E-state index contributed by atoms with van der Waals surface area (Å²) in [4.78, 5) is 28.3. The van der Waals surface area contributed by atoms with Crippen molar-refractivity contribution in [3.05, 3.63) is 106 Å². The lowest BCUT2D eigenvalue weighted by atomic mass is 9.91. The highest BCUT2D eigenvalue weighted by Gasteiger charge is 2.28. The van der Waals surface area contributed by atoms with Gasteiger partial charge in [0.05, 0.1) is 10.6 Å². The minimum Gasteiger partial charge on any atom is -0.322 e. The summed E-state index contributed by atoms with van der Waals surface area (Å²) in [6.45, 7) is 7.92. The molecule has 3 aromatic rings. The van der Waals surface area contributed by atoms with Crippen LogP contribution in [0.3, 0.4) is 0 Å². The van der Waals surface area contributed by atoms with Gasteiger partial charge in [-0.1, -0.05) is 41.4 Å². The Hall–Kier alpha value is -3.12. The summed E-state index contributed by atoms with van der Waals surface area (Å²) >= 11 is 12.5. The zero-order valence-corrected chi connectivity index (χ0v) is 22.4. The molecule has 4 rings (SSSR count). The predicted octanol–water partition coefficient (Wildman–Crippen LogP) is 7.24. The van der Waals surface area contributed by atoms with Crippen LogP contribution in [0.15, 0.2) is 73.3 Å². The molecule has 1 aliphatic heterocycles. The molecule has 2 N–H and O–H groups in total. The summed E-state index contributed by atoms with van der Waals surface area (Å²) in [7, 11) is 0. The summed E-state index contributed by atoms with van der Waals surface area (Å²) < 4.78 is 0. The van der Waals surface area contributed by atoms with Gasteiger partial charge < -0.3 is 15.5 Å². The lowest BCUT2D eigenvalue weighted by Gasteiger charge is -2.25. The van der Waals surface area contributed by atoms with Crippen molar-refractivity contribution in [1.82, 2.24) is 5.32 Å². The van der Waals surface area contributed by atoms with E-state index >= 15 is 0 Å². The van der Waals surface area contributed by atoms with E-state index in [2.05, 4.69) is 17.2 Å². The summed E-state index contributed by atoms with van der Waals surface area (Å²) in [6, 6.07) is 18.0. The van der Waals surface area contributed by atoms with Crippen LogP contribution >= 0.6 is 23.2 Å². The van der Waals surface area contributed by atoms with Gasteiger partial charge in [-0.15, -0.1) is 6.58 Å². The number of rotatable bonds is 8. The first-order valence-corrected chi connectivity index (χ1v) is 13.2. The number of nitrogens with zero attached hydrogens (tertiary/aromatic N) is 1. The fourth-order valence-electron chi connectivity index (χ4n) is 4.83. The Morgan fingerprint density at radius 1 is 1.08 bits per heavy atom. The molecule has 1 atom stereocenters. The number of carbonyl (C=O) groups is 2. The zero-order chi connectivity index (χ0) is 26.4. The average molecular weight is 537 g/mol. The summed E-state index contributed by atoms with van der Waals surface area (Å²) in [5, 5.41) is 7.32. The lowest BCUT2D eigenvalue weighted by Crippen LogP contribution is -2.32. The Bertz CT molecular complexity index is 1310. The van der Waals surface area contributed by atoms with Gasteiger partial charge in [-0.05, 0) is 98.3 Å². The van der Waals surface area contributed by atoms with Gasteiger partial charge in [-0.2, -0.15) is 0 Å². The van der Waals surface area contributed by atoms with Crippen molar-refractivity contribution in [2.24, 2.45) is 0 Å². The van der Waals surface area contributed by atoms with Crippen LogP contribution in [-0.4, -0.2) is 31.4 Å². The van der Waals surface area contributed by atoms with E-state index < -0.39 is 0 Å². The maximum absolute atomic E-state index is 13.8. The number of nitrogens with one attached hydrogen (secondary N) is 2. The number of hydrogen-bond acceptors (Lipinski definition) is 3. The second-order valence-corrected chi connectivity index (χ2v) is 10.1. The maximum atomic E-state index is 13.8. The van der Waals surface area contributed by atoms with Crippen molar-refractivity contribution >= 4 is 46.4 Å². The highest BCUT2D eigenvalue weighted by molar-refractivity contribution is 6.34. The summed E-state index contributed by atoms with van der Waals surface area (Å²) in [5.74, 6) is -0.0428.